The van der Waals surface area contributed by atoms with Crippen molar-refractivity contribution < 1.29 is 4.79 Å². The fourth-order valence-corrected chi connectivity index (χ4v) is 4.19. The van der Waals surface area contributed by atoms with Crippen molar-refractivity contribution in [1.82, 2.24) is 10.2 Å². The molecule has 0 saturated carbocycles. The average molecular weight is 430 g/mol. The van der Waals surface area contributed by atoms with Gasteiger partial charge in [-0.1, -0.05) is 30.3 Å². The minimum Gasteiger partial charge on any atom is -0.383 e. The van der Waals surface area contributed by atoms with Gasteiger partial charge in [-0.25, -0.2) is 9.79 Å². The maximum Gasteiger partial charge on any atom is 0.323 e. The summed E-state index contributed by atoms with van der Waals surface area (Å²) in [6, 6.07) is 19.2. The van der Waals surface area contributed by atoms with Gasteiger partial charge in [-0.2, -0.15) is 5.26 Å². The number of para-hydroxylation sites is 1. The fourth-order valence-electron chi connectivity index (χ4n) is 4.19. The molecule has 1 fully saturated rings. The van der Waals surface area contributed by atoms with Gasteiger partial charge in [-0.3, -0.25) is 0 Å². The summed E-state index contributed by atoms with van der Waals surface area (Å²) in [4.78, 5) is 18.8. The molecule has 2 amide bonds. The van der Waals surface area contributed by atoms with E-state index in [0.717, 1.165) is 48.7 Å². The number of nitrogens with one attached hydrogen (secondary N) is 3. The number of amidine groups is 1. The number of nitrogens with zero attached hydrogens (tertiary/aromatic N) is 3. The van der Waals surface area contributed by atoms with Gasteiger partial charge in [-0.05, 0) is 49.6 Å². The Labute approximate surface area is 187 Å². The monoisotopic (exact) mass is 429 g/mol. The van der Waals surface area contributed by atoms with Crippen molar-refractivity contribution in [2.24, 2.45) is 10.7 Å². The van der Waals surface area contributed by atoms with Crippen LogP contribution in [0.15, 0.2) is 71.0 Å². The largest absolute Gasteiger partial charge is 0.383 e. The summed E-state index contributed by atoms with van der Waals surface area (Å²) in [5.41, 5.74) is 9.03. The van der Waals surface area contributed by atoms with Gasteiger partial charge in [0.1, 0.15) is 29.5 Å². The molecule has 32 heavy (non-hydrogen) atoms. The van der Waals surface area contributed by atoms with E-state index in [2.05, 4.69) is 38.0 Å². The Morgan fingerprint density at radius 1 is 1.19 bits per heavy atom. The van der Waals surface area contributed by atoms with Crippen LogP contribution in [-0.4, -0.2) is 36.0 Å². The molecule has 0 radical (unpaired) electrons. The normalized spacial score (nSPS) is 20.6. The van der Waals surface area contributed by atoms with E-state index in [4.69, 9.17) is 5.73 Å². The number of hydrogen-bond donors (Lipinski definition) is 4. The van der Waals surface area contributed by atoms with Crippen LogP contribution < -0.4 is 21.7 Å². The van der Waals surface area contributed by atoms with E-state index < -0.39 is 0 Å². The van der Waals surface area contributed by atoms with Gasteiger partial charge in [0.15, 0.2) is 0 Å². The fraction of sp³-hybridized carbons (Fsp3) is 0.292. The topological polar surface area (TPSA) is 119 Å². The highest BCUT2D eigenvalue weighted by Gasteiger charge is 2.28. The molecule has 2 aliphatic rings. The number of urea groups is 1. The number of likely N-dealkylation sites (tertiary alicyclic amines) is 1. The highest BCUT2D eigenvalue weighted by atomic mass is 16.2. The van der Waals surface area contributed by atoms with Crippen LogP contribution >= 0.6 is 0 Å². The Balaban J connectivity index is 1.47. The smallest absolute Gasteiger partial charge is 0.323 e. The van der Waals surface area contributed by atoms with Crippen molar-refractivity contribution in [2.75, 3.05) is 23.7 Å². The van der Waals surface area contributed by atoms with Crippen LogP contribution in [0.1, 0.15) is 31.2 Å². The molecule has 0 aromatic heterocycles. The second-order valence-corrected chi connectivity index (χ2v) is 8.03. The lowest BCUT2D eigenvalue weighted by molar-refractivity contribution is 0.236. The molecule has 2 aromatic rings. The minimum atomic E-state index is -0.280. The highest BCUT2D eigenvalue weighted by molar-refractivity contribution is 6.02. The first-order valence-electron chi connectivity index (χ1n) is 10.8. The third-order valence-corrected chi connectivity index (χ3v) is 5.67. The predicted molar refractivity (Wildman–Crippen MR) is 126 cm³/mol. The highest BCUT2D eigenvalue weighted by Crippen LogP contribution is 2.31. The molecule has 0 bridgehead atoms. The third-order valence-electron chi connectivity index (χ3n) is 5.67. The molecular formula is C24H27N7O. The van der Waals surface area contributed by atoms with E-state index in [9.17, 15) is 10.1 Å². The van der Waals surface area contributed by atoms with Crippen LogP contribution in [0.25, 0.3) is 0 Å². The van der Waals surface area contributed by atoms with E-state index in [1.807, 2.05) is 55.5 Å². The zero-order valence-electron chi connectivity index (χ0n) is 18.0. The number of carbonyl (C=O) groups is 1. The average Bonchev–Trinajstić information content (AvgIpc) is 2.79. The quantitative estimate of drug-likeness (QED) is 0.593. The first-order chi connectivity index (χ1) is 15.5. The molecule has 4 rings (SSSR count). The summed E-state index contributed by atoms with van der Waals surface area (Å²) in [5.74, 6) is 1.31. The summed E-state index contributed by atoms with van der Waals surface area (Å²) in [5, 5.41) is 18.6. The maximum atomic E-state index is 12.4. The lowest BCUT2D eigenvalue weighted by atomic mass is 9.90. The van der Waals surface area contributed by atoms with Crippen molar-refractivity contribution in [3.8, 4) is 6.07 Å². The molecule has 8 heteroatoms. The number of amides is 2. The molecule has 2 heterocycles. The molecule has 2 aromatic carbocycles. The number of anilines is 2. The van der Waals surface area contributed by atoms with Gasteiger partial charge in [0, 0.05) is 30.4 Å². The number of nitriles is 1. The molecule has 2 atom stereocenters. The second kappa shape index (κ2) is 9.43. The first-order valence-corrected chi connectivity index (χ1v) is 10.8. The van der Waals surface area contributed by atoms with Gasteiger partial charge >= 0.3 is 6.03 Å². The summed E-state index contributed by atoms with van der Waals surface area (Å²) >= 11 is 0. The molecule has 2 unspecified atom stereocenters. The Kier molecular flexibility index (Phi) is 6.26. The lowest BCUT2D eigenvalue weighted by Crippen LogP contribution is -2.45. The molecule has 0 spiro atoms. The number of piperidine rings is 1. The Hall–Kier alpha value is -3.99. The number of rotatable bonds is 4. The van der Waals surface area contributed by atoms with E-state index in [1.165, 1.54) is 0 Å². The van der Waals surface area contributed by atoms with Crippen LogP contribution in [0.4, 0.5) is 16.2 Å². The molecule has 164 valence electrons. The molecule has 1 saturated heterocycles. The number of carbonyl (C=O) groups excluding carboxylic acids is 1. The van der Waals surface area contributed by atoms with Crippen LogP contribution in [0.5, 0.6) is 0 Å². The minimum absolute atomic E-state index is 0.168. The zero-order valence-corrected chi connectivity index (χ0v) is 18.0. The first kappa shape index (κ1) is 21.2. The van der Waals surface area contributed by atoms with Crippen LogP contribution in [-0.2, 0) is 0 Å². The molecule has 8 nitrogen and oxygen atoms in total. The van der Waals surface area contributed by atoms with Crippen LogP contribution in [0.3, 0.4) is 0 Å². The second-order valence-electron chi connectivity index (χ2n) is 8.03. The molecular weight excluding hydrogens is 402 g/mol. The van der Waals surface area contributed by atoms with Crippen molar-refractivity contribution in [3.05, 3.63) is 71.6 Å². The van der Waals surface area contributed by atoms with Crippen LogP contribution in [0, 0.1) is 11.3 Å². The van der Waals surface area contributed by atoms with E-state index >= 15 is 0 Å². The van der Waals surface area contributed by atoms with Crippen molar-refractivity contribution in [3.63, 3.8) is 0 Å². The standard InChI is InChI=1S/C24H27N7O/c1-16-27-22(26)21(14-25)23(28-16)31-12-6-8-18(15-31)17-7-5-11-20(13-17)30-24(32)29-19-9-3-2-4-10-19/h2-5,7,9-11,13,16,18,28H,6,8,12,15H2,1H3,(H2,26,27)(H2,29,30,32). The number of aliphatic imine (C=N–C) groups is 1. The predicted octanol–water partition coefficient (Wildman–Crippen LogP) is 3.55. The summed E-state index contributed by atoms with van der Waals surface area (Å²) < 4.78 is 0. The molecule has 0 aliphatic carbocycles. The number of benzene rings is 2. The van der Waals surface area contributed by atoms with E-state index in [1.54, 1.807) is 0 Å². The van der Waals surface area contributed by atoms with Gasteiger partial charge in [0.2, 0.25) is 0 Å². The van der Waals surface area contributed by atoms with Gasteiger partial charge in [0.05, 0.1) is 0 Å². The Morgan fingerprint density at radius 3 is 2.72 bits per heavy atom. The Bertz CT molecular complexity index is 1090. The summed E-state index contributed by atoms with van der Waals surface area (Å²) in [7, 11) is 0. The van der Waals surface area contributed by atoms with Gasteiger partial charge in [-0.15, -0.1) is 0 Å². The molecule has 5 N–H and O–H groups in total. The number of nitrogens with two attached hydrogens (primary N) is 1. The lowest BCUT2D eigenvalue weighted by Gasteiger charge is -2.38. The third kappa shape index (κ3) is 4.83. The van der Waals surface area contributed by atoms with Crippen molar-refractivity contribution in [2.45, 2.75) is 31.8 Å². The zero-order chi connectivity index (χ0) is 22.5. The van der Waals surface area contributed by atoms with Gasteiger partial charge in [0.25, 0.3) is 0 Å². The maximum absolute atomic E-state index is 12.4. The molecule has 2 aliphatic heterocycles. The van der Waals surface area contributed by atoms with Crippen LogP contribution in [0.2, 0.25) is 0 Å². The number of hydrogen-bond acceptors (Lipinski definition) is 6. The summed E-state index contributed by atoms with van der Waals surface area (Å²) in [6.07, 6.45) is 1.86. The SMILES string of the molecule is CC1N=C(N)C(C#N)=C(N2CCCC(c3cccc(NC(=O)Nc4ccccc4)c3)C2)N1. The van der Waals surface area contributed by atoms with Crippen molar-refractivity contribution in [1.29, 1.82) is 5.26 Å². The summed E-state index contributed by atoms with van der Waals surface area (Å²) in [6.45, 7) is 3.52. The van der Waals surface area contributed by atoms with Crippen molar-refractivity contribution >= 4 is 23.2 Å². The van der Waals surface area contributed by atoms with Gasteiger partial charge < -0.3 is 26.6 Å². The Morgan fingerprint density at radius 2 is 1.94 bits per heavy atom. The van der Waals surface area contributed by atoms with E-state index in [-0.39, 0.29) is 24.0 Å². The van der Waals surface area contributed by atoms with E-state index in [0.29, 0.717) is 5.57 Å².